The predicted octanol–water partition coefficient (Wildman–Crippen LogP) is 2.39. The number of aromatic nitrogens is 2. The zero-order valence-corrected chi connectivity index (χ0v) is 17.9. The molecule has 0 aliphatic carbocycles. The van der Waals surface area contributed by atoms with Gasteiger partial charge in [0.15, 0.2) is 5.82 Å². The molecule has 0 N–H and O–H groups in total. The Morgan fingerprint density at radius 2 is 1.97 bits per heavy atom. The van der Waals surface area contributed by atoms with Gasteiger partial charge >= 0.3 is 0 Å². The molecule has 3 heterocycles. The summed E-state index contributed by atoms with van der Waals surface area (Å²) in [5.74, 6) is 0.868. The van der Waals surface area contributed by atoms with E-state index in [2.05, 4.69) is 22.2 Å². The van der Waals surface area contributed by atoms with Crippen LogP contribution in [0.2, 0.25) is 0 Å². The van der Waals surface area contributed by atoms with Gasteiger partial charge in [-0.3, -0.25) is 9.80 Å². The summed E-state index contributed by atoms with van der Waals surface area (Å²) in [6.07, 6.45) is 3.27. The average Bonchev–Trinajstić information content (AvgIpc) is 3.17. The number of hydrogen-bond donors (Lipinski definition) is 0. The van der Waals surface area contributed by atoms with E-state index in [0.717, 1.165) is 19.3 Å². The van der Waals surface area contributed by atoms with E-state index in [4.69, 9.17) is 4.52 Å². The van der Waals surface area contributed by atoms with Crippen molar-refractivity contribution in [2.45, 2.75) is 51.0 Å². The Kier molecular flexibility index (Phi) is 5.59. The average molecular weight is 432 g/mol. The molecule has 160 valence electrons. The molecule has 0 atom stereocenters. The highest BCUT2D eigenvalue weighted by Gasteiger charge is 2.40. The first-order valence-electron chi connectivity index (χ1n) is 10.2. The van der Waals surface area contributed by atoms with Crippen molar-refractivity contribution in [3.05, 3.63) is 36.0 Å². The third-order valence-electron chi connectivity index (χ3n) is 5.42. The highest BCUT2D eigenvalue weighted by Crippen LogP contribution is 2.33. The summed E-state index contributed by atoms with van der Waals surface area (Å²) in [5.41, 5.74) is 0.386. The molecule has 0 spiro atoms. The van der Waals surface area contributed by atoms with Crippen LogP contribution in [0.15, 0.2) is 38.8 Å². The van der Waals surface area contributed by atoms with Gasteiger partial charge in [0.05, 0.1) is 10.6 Å². The second-order valence-electron chi connectivity index (χ2n) is 7.76. The summed E-state index contributed by atoms with van der Waals surface area (Å²) in [6, 6.07) is 6.51. The van der Waals surface area contributed by atoms with Crippen molar-refractivity contribution in [2.24, 2.45) is 11.0 Å². The topological polar surface area (TPSA) is 109 Å². The van der Waals surface area contributed by atoms with Crippen molar-refractivity contribution in [3.8, 4) is 0 Å². The molecule has 1 aromatic heterocycles. The number of carbonyl (C=O) groups excluding carboxylic acids is 1. The summed E-state index contributed by atoms with van der Waals surface area (Å²) in [7, 11) is -4.02. The number of anilines is 1. The largest absolute Gasteiger partial charge is 0.337 e. The summed E-state index contributed by atoms with van der Waals surface area (Å²) in [5, 5.41) is 9.20. The molecule has 9 nitrogen and oxygen atoms in total. The number of carbonyl (C=O) groups is 1. The van der Waals surface area contributed by atoms with Crippen LogP contribution in [0.4, 0.5) is 5.69 Å². The Morgan fingerprint density at radius 3 is 2.70 bits per heavy atom. The van der Waals surface area contributed by atoms with Gasteiger partial charge < -0.3 is 9.42 Å². The molecule has 0 saturated carbocycles. The van der Waals surface area contributed by atoms with Crippen LogP contribution < -0.4 is 5.01 Å². The second kappa shape index (κ2) is 8.17. The number of amides is 1. The lowest BCUT2D eigenvalue weighted by atomic mass is 9.99. The minimum Gasteiger partial charge on any atom is -0.337 e. The van der Waals surface area contributed by atoms with Gasteiger partial charge in [-0.25, -0.2) is 8.42 Å². The van der Waals surface area contributed by atoms with Crippen molar-refractivity contribution in [1.82, 2.24) is 15.0 Å². The predicted molar refractivity (Wildman–Crippen MR) is 111 cm³/mol. The molecule has 1 amide bonds. The smallest absolute Gasteiger partial charge is 0.286 e. The zero-order chi connectivity index (χ0) is 21.3. The zero-order valence-electron chi connectivity index (χ0n) is 17.1. The monoisotopic (exact) mass is 431 g/mol. The maximum atomic E-state index is 13.2. The van der Waals surface area contributed by atoms with E-state index >= 15 is 0 Å². The Labute approximate surface area is 175 Å². The summed E-state index contributed by atoms with van der Waals surface area (Å²) >= 11 is 0. The summed E-state index contributed by atoms with van der Waals surface area (Å²) in [4.78, 5) is 19.1. The van der Waals surface area contributed by atoms with E-state index in [-0.39, 0.29) is 11.4 Å². The molecule has 0 radical (unpaired) electrons. The van der Waals surface area contributed by atoms with E-state index in [0.29, 0.717) is 42.8 Å². The van der Waals surface area contributed by atoms with E-state index < -0.39 is 20.8 Å². The van der Waals surface area contributed by atoms with Crippen molar-refractivity contribution in [2.75, 3.05) is 18.1 Å². The molecule has 1 saturated heterocycles. The minimum absolute atomic E-state index is 0.0574. The molecule has 10 heteroatoms. The van der Waals surface area contributed by atoms with Gasteiger partial charge in [-0.1, -0.05) is 31.1 Å². The van der Waals surface area contributed by atoms with Gasteiger partial charge in [-0.15, -0.1) is 0 Å². The number of piperidine rings is 1. The normalized spacial score (nSPS) is 18.8. The molecule has 30 heavy (non-hydrogen) atoms. The van der Waals surface area contributed by atoms with E-state index in [1.807, 2.05) is 6.92 Å². The van der Waals surface area contributed by atoms with Crippen LogP contribution in [0.5, 0.6) is 0 Å². The van der Waals surface area contributed by atoms with E-state index in [1.165, 1.54) is 11.1 Å². The maximum absolute atomic E-state index is 13.2. The number of rotatable bonds is 5. The van der Waals surface area contributed by atoms with Crippen LogP contribution in [0.3, 0.4) is 0 Å². The lowest BCUT2D eigenvalue weighted by Gasteiger charge is -2.32. The molecule has 0 bridgehead atoms. The van der Waals surface area contributed by atoms with Crippen LogP contribution >= 0.6 is 0 Å². The number of nitrogens with zero attached hydrogens (tertiary/aromatic N) is 5. The van der Waals surface area contributed by atoms with Gasteiger partial charge in [-0.2, -0.15) is 10.1 Å². The Balaban J connectivity index is 1.68. The van der Waals surface area contributed by atoms with Crippen LogP contribution in [-0.2, 0) is 27.6 Å². The van der Waals surface area contributed by atoms with Gasteiger partial charge in [0.2, 0.25) is 20.8 Å². The molecule has 2 aliphatic heterocycles. The molecule has 0 unspecified atom stereocenters. The number of aryl methyl sites for hydroxylation is 1. The highest BCUT2D eigenvalue weighted by molar-refractivity contribution is 8.08. The van der Waals surface area contributed by atoms with Gasteiger partial charge in [-0.05, 0) is 37.3 Å². The number of hydrogen-bond acceptors (Lipinski definition) is 8. The fraction of sp³-hybridized carbons (Fsp3) is 0.500. The molecule has 4 rings (SSSR count). The lowest BCUT2D eigenvalue weighted by molar-refractivity contribution is -0.125. The van der Waals surface area contributed by atoms with Crippen molar-refractivity contribution in [3.63, 3.8) is 0 Å². The quantitative estimate of drug-likeness (QED) is 0.715. The number of benzene rings is 1. The van der Waals surface area contributed by atoms with Gasteiger partial charge in [0, 0.05) is 19.5 Å². The molecular formula is C20H25N5O4S. The number of hydrazone groups is 1. The standard InChI is InChI=1S/C20H25N5O4S/c1-3-6-17-21-18(29-23-17)13-25-15-7-4-5-8-16(15)30(27,28)19(22-25)20(26)24-11-9-14(2)10-12-24/h4-5,7-8,14H,3,6,9-13H2,1-2H3. The third-order valence-corrected chi connectivity index (χ3v) is 7.11. The van der Waals surface area contributed by atoms with Crippen LogP contribution in [0.25, 0.3) is 0 Å². The van der Waals surface area contributed by atoms with Gasteiger partial charge in [0.1, 0.15) is 6.54 Å². The minimum atomic E-state index is -4.02. The molecular weight excluding hydrogens is 406 g/mol. The lowest BCUT2D eigenvalue weighted by Crippen LogP contribution is -2.46. The molecule has 1 aromatic carbocycles. The first-order valence-corrected chi connectivity index (χ1v) is 11.7. The Hall–Kier alpha value is -2.75. The number of sulfone groups is 1. The third kappa shape index (κ3) is 3.83. The van der Waals surface area contributed by atoms with Crippen molar-refractivity contribution in [1.29, 1.82) is 0 Å². The van der Waals surface area contributed by atoms with Crippen molar-refractivity contribution < 1.29 is 17.7 Å². The Bertz CT molecular complexity index is 1070. The maximum Gasteiger partial charge on any atom is 0.286 e. The molecule has 2 aromatic rings. The van der Waals surface area contributed by atoms with Crippen LogP contribution in [0.1, 0.15) is 44.8 Å². The summed E-state index contributed by atoms with van der Waals surface area (Å²) < 4.78 is 31.7. The van der Waals surface area contributed by atoms with E-state index in [1.54, 1.807) is 23.1 Å². The van der Waals surface area contributed by atoms with Crippen LogP contribution in [0, 0.1) is 5.92 Å². The van der Waals surface area contributed by atoms with Gasteiger partial charge in [0.25, 0.3) is 5.91 Å². The number of para-hydroxylation sites is 1. The van der Waals surface area contributed by atoms with Crippen LogP contribution in [-0.4, -0.2) is 47.5 Å². The highest BCUT2D eigenvalue weighted by atomic mass is 32.2. The first-order chi connectivity index (χ1) is 14.4. The summed E-state index contributed by atoms with van der Waals surface area (Å²) in [6.45, 7) is 5.29. The number of fused-ring (bicyclic) bond motifs is 1. The molecule has 2 aliphatic rings. The van der Waals surface area contributed by atoms with E-state index in [9.17, 15) is 13.2 Å². The first kappa shape index (κ1) is 20.5. The molecule has 1 fully saturated rings. The SMILES string of the molecule is CCCc1noc(CN2N=C(C(=O)N3CCC(C)CC3)S(=O)(=O)c3ccccc32)n1. The second-order valence-corrected chi connectivity index (χ2v) is 9.60. The fourth-order valence-electron chi connectivity index (χ4n) is 3.65. The fourth-order valence-corrected chi connectivity index (χ4v) is 5.13. The number of likely N-dealkylation sites (tertiary alicyclic amines) is 1. The Morgan fingerprint density at radius 1 is 1.23 bits per heavy atom. The van der Waals surface area contributed by atoms with Crippen molar-refractivity contribution >= 4 is 26.5 Å².